The molecule has 0 saturated carbocycles. The number of hydrogen-bond acceptors (Lipinski definition) is 4. The Hall–Kier alpha value is -2.47. The van der Waals surface area contributed by atoms with Crippen molar-refractivity contribution in [3.63, 3.8) is 0 Å². The maximum absolute atomic E-state index is 10.9. The van der Waals surface area contributed by atoms with Crippen LogP contribution in [0.5, 0.6) is 0 Å². The molecule has 0 aliphatic heterocycles. The van der Waals surface area contributed by atoms with Crippen LogP contribution in [0.25, 0.3) is 21.8 Å². The molecular weight excluding hydrogens is 322 g/mol. The first-order valence-electron chi connectivity index (χ1n) is 7.70. The van der Waals surface area contributed by atoms with Gasteiger partial charge in [0.15, 0.2) is 0 Å². The SMILES string of the molecule is CC(=O)O/N=C(\C)c1ccc2c(c1)c1cc(N)ccc1n2CC[SH2+]. The molecule has 3 aromatic rings. The Morgan fingerprint density at radius 1 is 1.17 bits per heavy atom. The summed E-state index contributed by atoms with van der Waals surface area (Å²) in [5.41, 5.74) is 10.5. The number of carbonyl (C=O) groups excluding carboxylic acids is 1. The average Bonchev–Trinajstić information content (AvgIpc) is 2.86. The number of carbonyl (C=O) groups is 1. The van der Waals surface area contributed by atoms with Crippen molar-refractivity contribution < 1.29 is 9.63 Å². The Balaban J connectivity index is 2.21. The van der Waals surface area contributed by atoms with E-state index in [2.05, 4.69) is 34.5 Å². The van der Waals surface area contributed by atoms with E-state index >= 15 is 0 Å². The first-order valence-corrected chi connectivity index (χ1v) is 8.40. The lowest BCUT2D eigenvalue weighted by Crippen LogP contribution is -2.01. The fourth-order valence-corrected chi connectivity index (χ4v) is 3.11. The predicted molar refractivity (Wildman–Crippen MR) is 103 cm³/mol. The lowest BCUT2D eigenvalue weighted by atomic mass is 10.1. The number of benzene rings is 2. The Labute approximate surface area is 145 Å². The maximum atomic E-state index is 10.9. The number of aromatic nitrogens is 1. The van der Waals surface area contributed by atoms with Gasteiger partial charge in [0.05, 0.1) is 12.3 Å². The van der Waals surface area contributed by atoms with Crippen LogP contribution in [0.15, 0.2) is 41.6 Å². The largest absolute Gasteiger partial charge is 0.399 e. The number of nitrogen functional groups attached to an aromatic ring is 1. The highest BCUT2D eigenvalue weighted by molar-refractivity contribution is 7.58. The third-order valence-electron chi connectivity index (χ3n) is 3.95. The normalized spacial score (nSPS) is 12.0. The Morgan fingerprint density at radius 2 is 1.83 bits per heavy atom. The van der Waals surface area contributed by atoms with Gasteiger partial charge in [0.1, 0.15) is 5.75 Å². The van der Waals surface area contributed by atoms with Gasteiger partial charge in [-0.05, 0) is 55.4 Å². The number of fused-ring (bicyclic) bond motifs is 3. The van der Waals surface area contributed by atoms with Gasteiger partial charge in [0.2, 0.25) is 0 Å². The van der Waals surface area contributed by atoms with E-state index in [1.165, 1.54) is 6.92 Å². The van der Waals surface area contributed by atoms with Crippen LogP contribution in [-0.4, -0.2) is 22.0 Å². The van der Waals surface area contributed by atoms with E-state index < -0.39 is 5.97 Å². The van der Waals surface area contributed by atoms with Gasteiger partial charge in [-0.15, -0.1) is 0 Å². The summed E-state index contributed by atoms with van der Waals surface area (Å²) in [5, 5.41) is 6.08. The number of hydrogen-bond donors (Lipinski definition) is 1. The van der Waals surface area contributed by atoms with Crippen molar-refractivity contribution >= 4 is 51.8 Å². The summed E-state index contributed by atoms with van der Waals surface area (Å²) in [6, 6.07) is 12.1. The van der Waals surface area contributed by atoms with E-state index in [1.54, 1.807) is 0 Å². The standard InChI is InChI=1S/C18H19N3O2S/c1-11(20-23-12(2)22)13-3-5-17-15(9-13)16-10-14(19)4-6-18(16)21(17)7-8-24/h3-6,9-10,24H,7-8,19H2,1-2H3/p+1/b20-11+. The van der Waals surface area contributed by atoms with Crippen LogP contribution in [0.1, 0.15) is 19.4 Å². The van der Waals surface area contributed by atoms with Gasteiger partial charge in [0.25, 0.3) is 0 Å². The number of oxime groups is 1. The van der Waals surface area contributed by atoms with Crippen LogP contribution in [0, 0.1) is 0 Å². The second-order valence-corrected chi connectivity index (χ2v) is 6.17. The van der Waals surface area contributed by atoms with Crippen molar-refractivity contribution in [3.05, 3.63) is 42.0 Å². The van der Waals surface area contributed by atoms with E-state index in [0.29, 0.717) is 5.71 Å². The molecule has 0 bridgehead atoms. The molecule has 0 saturated heterocycles. The fraction of sp³-hybridized carbons (Fsp3) is 0.222. The van der Waals surface area contributed by atoms with Crippen molar-refractivity contribution in [1.82, 2.24) is 4.57 Å². The topological polar surface area (TPSA) is 69.6 Å². The summed E-state index contributed by atoms with van der Waals surface area (Å²) in [6.45, 7) is 4.01. The van der Waals surface area contributed by atoms with E-state index in [-0.39, 0.29) is 0 Å². The van der Waals surface area contributed by atoms with E-state index in [9.17, 15) is 4.79 Å². The summed E-state index contributed by atoms with van der Waals surface area (Å²) in [4.78, 5) is 15.7. The monoisotopic (exact) mass is 342 g/mol. The minimum absolute atomic E-state index is 0.433. The van der Waals surface area contributed by atoms with Crippen LogP contribution < -0.4 is 5.73 Å². The average molecular weight is 342 g/mol. The van der Waals surface area contributed by atoms with Gasteiger partial charge >= 0.3 is 5.97 Å². The van der Waals surface area contributed by atoms with Gasteiger partial charge in [-0.3, -0.25) is 0 Å². The second kappa shape index (κ2) is 6.57. The Kier molecular flexibility index (Phi) is 4.49. The van der Waals surface area contributed by atoms with Gasteiger partial charge in [-0.1, -0.05) is 11.2 Å². The zero-order valence-electron chi connectivity index (χ0n) is 13.7. The molecule has 0 unspecified atom stereocenters. The smallest absolute Gasteiger partial charge is 0.331 e. The van der Waals surface area contributed by atoms with Crippen molar-refractivity contribution in [2.45, 2.75) is 20.4 Å². The van der Waals surface area contributed by atoms with E-state index in [1.807, 2.05) is 31.2 Å². The fourth-order valence-electron chi connectivity index (χ4n) is 2.88. The van der Waals surface area contributed by atoms with Crippen LogP contribution in [0.3, 0.4) is 0 Å². The first-order chi connectivity index (χ1) is 11.5. The highest BCUT2D eigenvalue weighted by Gasteiger charge is 2.12. The third kappa shape index (κ3) is 2.97. The first kappa shape index (κ1) is 16.4. The van der Waals surface area contributed by atoms with Gasteiger partial charge in [-0.2, -0.15) is 0 Å². The van der Waals surface area contributed by atoms with E-state index in [4.69, 9.17) is 10.6 Å². The maximum Gasteiger partial charge on any atom is 0.331 e. The van der Waals surface area contributed by atoms with Crippen LogP contribution >= 0.6 is 0 Å². The zero-order chi connectivity index (χ0) is 17.3. The molecule has 0 radical (unpaired) electrons. The third-order valence-corrected chi connectivity index (χ3v) is 4.18. The number of nitrogens with two attached hydrogens (primary N) is 1. The molecule has 3 rings (SSSR count). The van der Waals surface area contributed by atoms with Crippen molar-refractivity contribution in [1.29, 1.82) is 0 Å². The molecule has 0 fully saturated rings. The van der Waals surface area contributed by atoms with Crippen molar-refractivity contribution in [2.24, 2.45) is 5.16 Å². The molecule has 0 atom stereocenters. The minimum atomic E-state index is -0.433. The van der Waals surface area contributed by atoms with Crippen LogP contribution in [-0.2, 0) is 28.8 Å². The van der Waals surface area contributed by atoms with Crippen LogP contribution in [0.2, 0.25) is 0 Å². The molecular formula is C18H20N3O2S+. The molecule has 2 N–H and O–H groups in total. The highest BCUT2D eigenvalue weighted by atomic mass is 32.1. The predicted octanol–water partition coefficient (Wildman–Crippen LogP) is 2.68. The van der Waals surface area contributed by atoms with Gasteiger partial charge in [-0.25, -0.2) is 4.79 Å². The highest BCUT2D eigenvalue weighted by Crippen LogP contribution is 2.31. The van der Waals surface area contributed by atoms with E-state index in [0.717, 1.165) is 45.4 Å². The summed E-state index contributed by atoms with van der Waals surface area (Å²) in [5.74, 6) is 0.426. The number of aryl methyl sites for hydroxylation is 1. The molecule has 24 heavy (non-hydrogen) atoms. The number of rotatable bonds is 4. The molecule has 0 aliphatic carbocycles. The molecule has 0 amide bonds. The lowest BCUT2D eigenvalue weighted by Gasteiger charge is -2.04. The molecule has 1 heterocycles. The van der Waals surface area contributed by atoms with Crippen LogP contribution in [0.4, 0.5) is 5.69 Å². The Morgan fingerprint density at radius 3 is 2.50 bits per heavy atom. The summed E-state index contributed by atoms with van der Waals surface area (Å²) < 4.78 is 2.26. The van der Waals surface area contributed by atoms with Gasteiger partial charge < -0.3 is 15.1 Å². The Bertz CT molecular complexity index is 960. The molecule has 1 aromatic heterocycles. The molecule has 0 aliphatic rings. The quantitative estimate of drug-likeness (QED) is 0.261. The van der Waals surface area contributed by atoms with Crippen molar-refractivity contribution in [3.8, 4) is 0 Å². The zero-order valence-corrected chi connectivity index (χ0v) is 14.7. The summed E-state index contributed by atoms with van der Waals surface area (Å²) in [6.07, 6.45) is 0. The molecule has 0 spiro atoms. The molecule has 124 valence electrons. The van der Waals surface area contributed by atoms with Crippen molar-refractivity contribution in [2.75, 3.05) is 11.5 Å². The summed E-state index contributed by atoms with van der Waals surface area (Å²) in [7, 11) is 0. The molecule has 6 heteroatoms. The molecule has 5 nitrogen and oxygen atoms in total. The summed E-state index contributed by atoms with van der Waals surface area (Å²) >= 11 is 3.57. The van der Waals surface area contributed by atoms with Gasteiger partial charge in [0, 0.05) is 34.4 Å². The molecule has 2 aromatic carbocycles. The number of anilines is 1. The second-order valence-electron chi connectivity index (χ2n) is 5.67. The lowest BCUT2D eigenvalue weighted by molar-refractivity contribution is -0.140. The minimum Gasteiger partial charge on any atom is -0.399 e. The number of nitrogens with zero attached hydrogens (tertiary/aromatic N) is 2.